The summed E-state index contributed by atoms with van der Waals surface area (Å²) in [6.07, 6.45) is 0. The van der Waals surface area contributed by atoms with Crippen molar-refractivity contribution in [2.75, 3.05) is 11.1 Å². The van der Waals surface area contributed by atoms with Crippen LogP contribution in [-0.4, -0.2) is 26.4 Å². The van der Waals surface area contributed by atoms with Crippen LogP contribution in [0.4, 0.5) is 5.69 Å². The zero-order chi connectivity index (χ0) is 19.2. The van der Waals surface area contributed by atoms with Crippen molar-refractivity contribution in [3.05, 3.63) is 53.2 Å². The first-order valence-electron chi connectivity index (χ1n) is 8.60. The third kappa shape index (κ3) is 5.60. The minimum atomic E-state index is -0.0465. The topological polar surface area (TPSA) is 59.8 Å². The highest BCUT2D eigenvalue weighted by Crippen LogP contribution is 2.27. The SMILES string of the molecule is CC(C)c1ccc(NC(=O)CSc2nnc(CSc3cccs3)n2C)cc1. The van der Waals surface area contributed by atoms with Crippen LogP contribution in [0.15, 0.2) is 51.1 Å². The lowest BCUT2D eigenvalue weighted by Crippen LogP contribution is -2.14. The number of nitrogens with one attached hydrogen (secondary N) is 1. The van der Waals surface area contributed by atoms with Crippen LogP contribution in [0, 0.1) is 0 Å². The highest BCUT2D eigenvalue weighted by molar-refractivity contribution is 8.00. The van der Waals surface area contributed by atoms with Gasteiger partial charge in [0.05, 0.1) is 15.7 Å². The maximum absolute atomic E-state index is 12.2. The molecule has 2 heterocycles. The molecule has 0 fully saturated rings. The fourth-order valence-corrected chi connectivity index (χ4v) is 4.85. The Morgan fingerprint density at radius 2 is 1.96 bits per heavy atom. The van der Waals surface area contributed by atoms with Gasteiger partial charge >= 0.3 is 0 Å². The molecular weight excluding hydrogens is 396 g/mol. The van der Waals surface area contributed by atoms with Gasteiger partial charge in [-0.05, 0) is 35.1 Å². The number of thioether (sulfide) groups is 2. The van der Waals surface area contributed by atoms with Gasteiger partial charge < -0.3 is 9.88 Å². The molecule has 0 aliphatic heterocycles. The van der Waals surface area contributed by atoms with Crippen molar-refractivity contribution >= 4 is 46.5 Å². The number of anilines is 1. The first-order valence-corrected chi connectivity index (χ1v) is 11.4. The van der Waals surface area contributed by atoms with Crippen molar-refractivity contribution in [1.82, 2.24) is 14.8 Å². The molecule has 0 atom stereocenters. The second kappa shape index (κ2) is 9.43. The van der Waals surface area contributed by atoms with E-state index in [9.17, 15) is 4.79 Å². The standard InChI is InChI=1S/C19H22N4OS3/c1-13(2)14-6-8-15(9-7-14)20-17(24)12-27-19-22-21-16(23(19)3)11-26-18-5-4-10-25-18/h4-10,13H,11-12H2,1-3H3,(H,20,24). The molecule has 0 bridgehead atoms. The fourth-order valence-electron chi connectivity index (χ4n) is 2.36. The molecule has 0 saturated heterocycles. The second-order valence-electron chi connectivity index (χ2n) is 6.29. The van der Waals surface area contributed by atoms with Crippen LogP contribution < -0.4 is 5.32 Å². The molecule has 0 aliphatic carbocycles. The predicted molar refractivity (Wildman–Crippen MR) is 115 cm³/mol. The van der Waals surface area contributed by atoms with Gasteiger partial charge in [-0.2, -0.15) is 0 Å². The lowest BCUT2D eigenvalue weighted by Gasteiger charge is -2.08. The molecule has 0 unspecified atom stereocenters. The lowest BCUT2D eigenvalue weighted by atomic mass is 10.0. The average Bonchev–Trinajstić information content (AvgIpc) is 3.29. The summed E-state index contributed by atoms with van der Waals surface area (Å²) in [6, 6.07) is 12.1. The maximum Gasteiger partial charge on any atom is 0.234 e. The largest absolute Gasteiger partial charge is 0.325 e. The number of carbonyl (C=O) groups is 1. The molecule has 1 amide bonds. The smallest absolute Gasteiger partial charge is 0.234 e. The molecule has 8 heteroatoms. The van der Waals surface area contributed by atoms with Gasteiger partial charge in [0.15, 0.2) is 5.16 Å². The Morgan fingerprint density at radius 3 is 2.63 bits per heavy atom. The molecule has 3 aromatic rings. The van der Waals surface area contributed by atoms with E-state index in [1.54, 1.807) is 23.1 Å². The Labute approximate surface area is 172 Å². The van der Waals surface area contributed by atoms with Crippen molar-refractivity contribution < 1.29 is 4.79 Å². The molecule has 3 rings (SSSR count). The molecule has 27 heavy (non-hydrogen) atoms. The quantitative estimate of drug-likeness (QED) is 0.520. The molecule has 0 aliphatic rings. The van der Waals surface area contributed by atoms with Gasteiger partial charge in [0.25, 0.3) is 0 Å². The first-order chi connectivity index (χ1) is 13.0. The van der Waals surface area contributed by atoms with Crippen molar-refractivity contribution in [2.24, 2.45) is 7.05 Å². The van der Waals surface area contributed by atoms with E-state index < -0.39 is 0 Å². The van der Waals surface area contributed by atoms with Gasteiger partial charge in [-0.15, -0.1) is 33.3 Å². The molecule has 0 saturated carbocycles. The van der Waals surface area contributed by atoms with Crippen molar-refractivity contribution in [3.63, 3.8) is 0 Å². The molecule has 0 radical (unpaired) electrons. The number of hydrogen-bond acceptors (Lipinski definition) is 6. The van der Waals surface area contributed by atoms with E-state index in [1.165, 1.54) is 21.5 Å². The summed E-state index contributed by atoms with van der Waals surface area (Å²) >= 11 is 4.86. The number of rotatable bonds is 8. The lowest BCUT2D eigenvalue weighted by molar-refractivity contribution is -0.113. The maximum atomic E-state index is 12.2. The summed E-state index contributed by atoms with van der Waals surface area (Å²) in [5, 5.41) is 14.2. The highest BCUT2D eigenvalue weighted by atomic mass is 32.2. The van der Waals surface area contributed by atoms with Gasteiger partial charge in [-0.25, -0.2) is 0 Å². The fraction of sp³-hybridized carbons (Fsp3) is 0.316. The third-order valence-electron chi connectivity index (χ3n) is 3.96. The monoisotopic (exact) mass is 418 g/mol. The summed E-state index contributed by atoms with van der Waals surface area (Å²) in [6.45, 7) is 4.30. The zero-order valence-corrected chi connectivity index (χ0v) is 18.0. The predicted octanol–water partition coefficient (Wildman–Crippen LogP) is 5.02. The van der Waals surface area contributed by atoms with E-state index in [0.29, 0.717) is 11.7 Å². The van der Waals surface area contributed by atoms with Gasteiger partial charge in [0.2, 0.25) is 5.91 Å². The number of aromatic nitrogens is 3. The number of carbonyl (C=O) groups excluding carboxylic acids is 1. The molecule has 5 nitrogen and oxygen atoms in total. The van der Waals surface area contributed by atoms with Gasteiger partial charge in [0, 0.05) is 12.7 Å². The van der Waals surface area contributed by atoms with Crippen LogP contribution in [0.5, 0.6) is 0 Å². The number of hydrogen-bond donors (Lipinski definition) is 1. The average molecular weight is 419 g/mol. The Morgan fingerprint density at radius 1 is 1.19 bits per heavy atom. The Kier molecular flexibility index (Phi) is 6.98. The Balaban J connectivity index is 1.49. The second-order valence-corrected chi connectivity index (χ2v) is 9.46. The number of nitrogens with zero attached hydrogens (tertiary/aromatic N) is 3. The third-order valence-corrected chi connectivity index (χ3v) is 7.10. The molecule has 142 valence electrons. The summed E-state index contributed by atoms with van der Waals surface area (Å²) in [5.41, 5.74) is 2.07. The zero-order valence-electron chi connectivity index (χ0n) is 15.5. The minimum Gasteiger partial charge on any atom is -0.325 e. The molecule has 1 N–H and O–H groups in total. The van der Waals surface area contributed by atoms with E-state index in [2.05, 4.69) is 40.8 Å². The van der Waals surface area contributed by atoms with E-state index in [-0.39, 0.29) is 5.91 Å². The summed E-state index contributed by atoms with van der Waals surface area (Å²) in [4.78, 5) is 12.2. The minimum absolute atomic E-state index is 0.0465. The molecular formula is C19H22N4OS3. The number of amides is 1. The van der Waals surface area contributed by atoms with Crippen LogP contribution in [0.2, 0.25) is 0 Å². The van der Waals surface area contributed by atoms with Crippen molar-refractivity contribution in [2.45, 2.75) is 34.9 Å². The van der Waals surface area contributed by atoms with E-state index in [0.717, 1.165) is 22.4 Å². The molecule has 2 aromatic heterocycles. The van der Waals surface area contributed by atoms with Crippen LogP contribution in [0.1, 0.15) is 31.2 Å². The van der Waals surface area contributed by atoms with Crippen molar-refractivity contribution in [3.8, 4) is 0 Å². The Bertz CT molecular complexity index is 873. The Hall–Kier alpha value is -1.77. The number of thiophene rings is 1. The molecule has 1 aromatic carbocycles. The van der Waals surface area contributed by atoms with Gasteiger partial charge in [-0.1, -0.05) is 43.8 Å². The highest BCUT2D eigenvalue weighted by Gasteiger charge is 2.12. The van der Waals surface area contributed by atoms with Crippen molar-refractivity contribution in [1.29, 1.82) is 0 Å². The molecule has 0 spiro atoms. The normalized spacial score (nSPS) is 11.1. The summed E-state index contributed by atoms with van der Waals surface area (Å²) in [5.74, 6) is 2.40. The van der Waals surface area contributed by atoms with Crippen LogP contribution in [0.25, 0.3) is 0 Å². The van der Waals surface area contributed by atoms with E-state index >= 15 is 0 Å². The van der Waals surface area contributed by atoms with Crippen LogP contribution in [-0.2, 0) is 17.6 Å². The van der Waals surface area contributed by atoms with E-state index in [4.69, 9.17) is 0 Å². The summed E-state index contributed by atoms with van der Waals surface area (Å²) in [7, 11) is 1.94. The number of benzene rings is 1. The van der Waals surface area contributed by atoms with E-state index in [1.807, 2.05) is 41.9 Å². The van der Waals surface area contributed by atoms with Gasteiger partial charge in [-0.3, -0.25) is 4.79 Å². The van der Waals surface area contributed by atoms with Gasteiger partial charge in [0.1, 0.15) is 5.82 Å². The first kappa shape index (κ1) is 20.0. The summed E-state index contributed by atoms with van der Waals surface area (Å²) < 4.78 is 3.21. The van der Waals surface area contributed by atoms with Crippen LogP contribution >= 0.6 is 34.9 Å². The van der Waals surface area contributed by atoms with Crippen LogP contribution in [0.3, 0.4) is 0 Å².